The third-order valence-electron chi connectivity index (χ3n) is 4.92. The summed E-state index contributed by atoms with van der Waals surface area (Å²) >= 11 is 6.40. The number of halogens is 2. The van der Waals surface area contributed by atoms with Gasteiger partial charge in [-0.05, 0) is 55.3 Å². The summed E-state index contributed by atoms with van der Waals surface area (Å²) in [6.07, 6.45) is 3.51. The van der Waals surface area contributed by atoms with Gasteiger partial charge < -0.3 is 9.88 Å². The Hall–Kier alpha value is -2.37. The van der Waals surface area contributed by atoms with E-state index in [2.05, 4.69) is 9.88 Å². The molecule has 1 atom stereocenters. The molecule has 1 aromatic carbocycles. The average Bonchev–Trinajstić information content (AvgIpc) is 2.82. The maximum atomic E-state index is 13.2. The zero-order valence-electron chi connectivity index (χ0n) is 18.2. The number of aromatic nitrogens is 1. The first-order chi connectivity index (χ1) is 14.4. The third-order valence-corrected chi connectivity index (χ3v) is 5.25. The van der Waals surface area contributed by atoms with Gasteiger partial charge in [0.15, 0.2) is 0 Å². The number of aromatic amines is 1. The lowest BCUT2D eigenvalue weighted by atomic mass is 10.1. The summed E-state index contributed by atoms with van der Waals surface area (Å²) in [5, 5.41) is 0.418. The van der Waals surface area contributed by atoms with Crippen molar-refractivity contribution in [3.8, 4) is 0 Å². The van der Waals surface area contributed by atoms with E-state index in [-0.39, 0.29) is 17.8 Å². The minimum Gasteiger partial charge on any atom is -0.368 e. The molecule has 162 valence electrons. The van der Waals surface area contributed by atoms with Crippen molar-refractivity contribution in [2.75, 3.05) is 19.6 Å². The van der Waals surface area contributed by atoms with Crippen LogP contribution in [0.5, 0.6) is 0 Å². The minimum absolute atomic E-state index is 0.0534. The van der Waals surface area contributed by atoms with Gasteiger partial charge in [0, 0.05) is 44.6 Å². The number of piperazine rings is 1. The highest BCUT2D eigenvalue weighted by Gasteiger charge is 2.28. The summed E-state index contributed by atoms with van der Waals surface area (Å²) in [4.78, 5) is 20.4. The van der Waals surface area contributed by atoms with Crippen LogP contribution in [0.4, 0.5) is 4.39 Å². The van der Waals surface area contributed by atoms with Crippen molar-refractivity contribution in [2.24, 2.45) is 0 Å². The predicted molar refractivity (Wildman–Crippen MR) is 122 cm³/mol. The highest BCUT2D eigenvalue weighted by Crippen LogP contribution is 2.21. The Bertz CT molecular complexity index is 880. The highest BCUT2D eigenvalue weighted by molar-refractivity contribution is 6.33. The Morgan fingerprint density at radius 3 is 2.47 bits per heavy atom. The lowest BCUT2D eigenvalue weighted by Crippen LogP contribution is -2.53. The van der Waals surface area contributed by atoms with Crippen LogP contribution in [0, 0.1) is 12.7 Å². The number of nitrogens with zero attached hydrogens (tertiary/aromatic N) is 2. The monoisotopic (exact) mass is 431 g/mol. The van der Waals surface area contributed by atoms with E-state index in [1.54, 1.807) is 30.6 Å². The Morgan fingerprint density at radius 2 is 1.80 bits per heavy atom. The number of nitrogens with one attached hydrogen (secondary N) is 1. The number of carbonyl (C=O) groups is 1. The van der Waals surface area contributed by atoms with Gasteiger partial charge in [0.2, 0.25) is 0 Å². The zero-order chi connectivity index (χ0) is 22.1. The summed E-state index contributed by atoms with van der Waals surface area (Å²) in [5.41, 5.74) is 2.52. The molecule has 0 saturated carbocycles. The molecule has 0 spiro atoms. The molecular weight excluding hydrogens is 401 g/mol. The molecule has 4 nitrogen and oxygen atoms in total. The first kappa shape index (κ1) is 23.9. The van der Waals surface area contributed by atoms with Crippen LogP contribution >= 0.6 is 11.6 Å². The molecule has 6 heteroatoms. The molecule has 1 saturated heterocycles. The molecule has 1 unspecified atom stereocenters. The number of aryl methyl sites for hydroxylation is 1. The second-order valence-electron chi connectivity index (χ2n) is 7.19. The first-order valence-corrected chi connectivity index (χ1v) is 10.8. The highest BCUT2D eigenvalue weighted by atomic mass is 35.5. The summed E-state index contributed by atoms with van der Waals surface area (Å²) in [7, 11) is 0. The molecule has 2 heterocycles. The van der Waals surface area contributed by atoms with Gasteiger partial charge in [0.05, 0.1) is 10.6 Å². The van der Waals surface area contributed by atoms with Crippen LogP contribution in [0.25, 0.3) is 0 Å². The van der Waals surface area contributed by atoms with Crippen molar-refractivity contribution in [3.63, 3.8) is 0 Å². The Balaban J connectivity index is 0.00000155. The Morgan fingerprint density at radius 1 is 1.13 bits per heavy atom. The van der Waals surface area contributed by atoms with E-state index in [4.69, 9.17) is 11.6 Å². The normalized spacial score (nSPS) is 16.3. The lowest BCUT2D eigenvalue weighted by Gasteiger charge is -2.40. The van der Waals surface area contributed by atoms with E-state index in [9.17, 15) is 9.18 Å². The summed E-state index contributed by atoms with van der Waals surface area (Å²) in [6, 6.07) is 12.1. The summed E-state index contributed by atoms with van der Waals surface area (Å²) < 4.78 is 13.1. The van der Waals surface area contributed by atoms with E-state index in [0.29, 0.717) is 17.1 Å². The van der Waals surface area contributed by atoms with Crippen molar-refractivity contribution >= 4 is 17.5 Å². The fourth-order valence-corrected chi connectivity index (χ4v) is 3.63. The number of hydrogen-bond donors (Lipinski definition) is 1. The van der Waals surface area contributed by atoms with Gasteiger partial charge in [-0.2, -0.15) is 0 Å². The quantitative estimate of drug-likeness (QED) is 0.685. The van der Waals surface area contributed by atoms with Crippen LogP contribution in [-0.4, -0.2) is 46.4 Å². The topological polar surface area (TPSA) is 39.3 Å². The minimum atomic E-state index is -0.227. The molecule has 1 aliphatic rings. The lowest BCUT2D eigenvalue weighted by molar-refractivity contribution is 0.0475. The first-order valence-electron chi connectivity index (χ1n) is 10.4. The number of amides is 1. The average molecular weight is 432 g/mol. The van der Waals surface area contributed by atoms with Gasteiger partial charge >= 0.3 is 0 Å². The van der Waals surface area contributed by atoms with Crippen molar-refractivity contribution in [3.05, 3.63) is 82.4 Å². The fraction of sp³-hybridized carbons (Fsp3) is 0.375. The molecule has 1 N–H and O–H groups in total. The summed E-state index contributed by atoms with van der Waals surface area (Å²) in [5.74, 6) is -0.284. The maximum Gasteiger partial charge on any atom is 0.255 e. The second kappa shape index (κ2) is 11.7. The molecule has 3 rings (SSSR count). The number of hydrogen-bond acceptors (Lipinski definition) is 2. The molecule has 30 heavy (non-hydrogen) atoms. The Kier molecular flexibility index (Phi) is 9.34. The summed E-state index contributed by atoms with van der Waals surface area (Å²) in [6.45, 7) is 10.9. The molecule has 0 aliphatic carbocycles. The predicted octanol–water partition coefficient (Wildman–Crippen LogP) is 5.61. The Labute approximate surface area is 184 Å². The van der Waals surface area contributed by atoms with E-state index in [1.165, 1.54) is 12.1 Å². The smallest absolute Gasteiger partial charge is 0.255 e. The fourth-order valence-electron chi connectivity index (χ4n) is 3.44. The molecule has 2 aromatic rings. The number of rotatable bonds is 3. The number of benzene rings is 1. The standard InChI is InChI=1S/C22H25ClFN3O.C2H6/c1-16-7-9-25-10-8-21(23)20(13-16)22(28)27-12-11-26(14-17(27)2)15-18-3-5-19(24)6-4-18;1-2/h3-10,13,17,25H,11-12,14-15H2,1-2H3;1-2H3. The van der Waals surface area contributed by atoms with Crippen molar-refractivity contribution in [2.45, 2.75) is 40.3 Å². The van der Waals surface area contributed by atoms with Crippen LogP contribution in [0.3, 0.4) is 0 Å². The number of H-pyrrole nitrogens is 1. The zero-order valence-corrected chi connectivity index (χ0v) is 18.9. The number of carbonyl (C=O) groups excluding carboxylic acids is 1. The van der Waals surface area contributed by atoms with E-state index in [1.807, 2.05) is 44.7 Å². The molecule has 0 bridgehead atoms. The molecule has 1 aromatic heterocycles. The van der Waals surface area contributed by atoms with Crippen LogP contribution in [0.2, 0.25) is 5.02 Å². The van der Waals surface area contributed by atoms with Crippen molar-refractivity contribution in [1.82, 2.24) is 14.8 Å². The van der Waals surface area contributed by atoms with E-state index in [0.717, 1.165) is 30.8 Å². The van der Waals surface area contributed by atoms with Gasteiger partial charge in [0.1, 0.15) is 5.82 Å². The molecule has 1 aliphatic heterocycles. The van der Waals surface area contributed by atoms with Gasteiger partial charge in [0.25, 0.3) is 5.91 Å². The van der Waals surface area contributed by atoms with E-state index < -0.39 is 0 Å². The van der Waals surface area contributed by atoms with Crippen LogP contribution in [0.1, 0.15) is 42.3 Å². The second-order valence-corrected chi connectivity index (χ2v) is 7.60. The van der Waals surface area contributed by atoms with Crippen LogP contribution in [0.15, 0.2) is 54.9 Å². The molecule has 1 fully saturated rings. The van der Waals surface area contributed by atoms with E-state index >= 15 is 0 Å². The van der Waals surface area contributed by atoms with Gasteiger partial charge in [-0.3, -0.25) is 9.69 Å². The van der Waals surface area contributed by atoms with Crippen LogP contribution in [-0.2, 0) is 6.54 Å². The molecular formula is C24H31ClFN3O. The SMILES string of the molecule is CC.Cc1cc[nH]ccc(Cl)c(C(=O)N2CCN(Cc3ccc(F)cc3)CC2C)c1. The molecule has 1 amide bonds. The maximum absolute atomic E-state index is 13.2. The largest absolute Gasteiger partial charge is 0.368 e. The van der Waals surface area contributed by atoms with Crippen LogP contribution < -0.4 is 0 Å². The van der Waals surface area contributed by atoms with Gasteiger partial charge in [-0.15, -0.1) is 0 Å². The van der Waals surface area contributed by atoms with Gasteiger partial charge in [-0.25, -0.2) is 4.39 Å². The van der Waals surface area contributed by atoms with Gasteiger partial charge in [-0.1, -0.05) is 37.6 Å². The van der Waals surface area contributed by atoms with Crippen molar-refractivity contribution in [1.29, 1.82) is 0 Å². The van der Waals surface area contributed by atoms with Crippen molar-refractivity contribution < 1.29 is 9.18 Å². The molecule has 0 radical (unpaired) electrons. The third kappa shape index (κ3) is 6.57.